The fourth-order valence-electron chi connectivity index (χ4n) is 3.95. The standard InChI is InChI=1S/C17H32N4O2.HI/c1-18-17(19-7-11-23-16-4-2-3-5-16)21-8-6-15(14-21)20-9-12-22-13-10-20;/h15-16H,2-14H2,1H3,(H,18,19);1H. The largest absolute Gasteiger partial charge is 0.379 e. The molecule has 0 radical (unpaired) electrons. The van der Waals surface area contributed by atoms with Gasteiger partial charge < -0.3 is 19.7 Å². The van der Waals surface area contributed by atoms with Crippen molar-refractivity contribution in [1.82, 2.24) is 15.1 Å². The van der Waals surface area contributed by atoms with Crippen molar-refractivity contribution in [1.29, 1.82) is 0 Å². The van der Waals surface area contributed by atoms with Gasteiger partial charge in [0.2, 0.25) is 0 Å². The minimum atomic E-state index is 0. The number of morpholine rings is 1. The number of guanidine groups is 1. The van der Waals surface area contributed by atoms with Gasteiger partial charge in [0.05, 0.1) is 25.9 Å². The van der Waals surface area contributed by atoms with Crippen molar-refractivity contribution < 1.29 is 9.47 Å². The number of hydrogen-bond donors (Lipinski definition) is 1. The van der Waals surface area contributed by atoms with E-state index in [2.05, 4.69) is 20.1 Å². The maximum atomic E-state index is 5.92. The van der Waals surface area contributed by atoms with E-state index in [-0.39, 0.29) is 24.0 Å². The van der Waals surface area contributed by atoms with Crippen molar-refractivity contribution >= 4 is 29.9 Å². The predicted octanol–water partition coefficient (Wildman–Crippen LogP) is 1.55. The second-order valence-electron chi connectivity index (χ2n) is 6.79. The average Bonchev–Trinajstić information content (AvgIpc) is 3.27. The zero-order chi connectivity index (χ0) is 15.9. The van der Waals surface area contributed by atoms with Crippen LogP contribution in [0.2, 0.25) is 0 Å². The topological polar surface area (TPSA) is 49.3 Å². The van der Waals surface area contributed by atoms with Crippen LogP contribution in [0.4, 0.5) is 0 Å². The Morgan fingerprint density at radius 3 is 2.62 bits per heavy atom. The first kappa shape index (κ1) is 20.2. The van der Waals surface area contributed by atoms with E-state index in [1.54, 1.807) is 0 Å². The zero-order valence-corrected chi connectivity index (χ0v) is 17.2. The Labute approximate surface area is 163 Å². The van der Waals surface area contributed by atoms with Gasteiger partial charge in [0.25, 0.3) is 0 Å². The van der Waals surface area contributed by atoms with Crippen LogP contribution in [0, 0.1) is 0 Å². The average molecular weight is 452 g/mol. The van der Waals surface area contributed by atoms with Crippen LogP contribution in [0.25, 0.3) is 0 Å². The summed E-state index contributed by atoms with van der Waals surface area (Å²) in [7, 11) is 1.88. The van der Waals surface area contributed by atoms with Crippen LogP contribution in [0.1, 0.15) is 32.1 Å². The lowest BCUT2D eigenvalue weighted by atomic mass is 10.2. The van der Waals surface area contributed by atoms with Gasteiger partial charge in [0.1, 0.15) is 0 Å². The Bertz CT molecular complexity index is 385. The molecular formula is C17H33IN4O2. The molecule has 0 amide bonds. The van der Waals surface area contributed by atoms with Gasteiger partial charge in [-0.2, -0.15) is 0 Å². The molecule has 3 fully saturated rings. The molecule has 24 heavy (non-hydrogen) atoms. The van der Waals surface area contributed by atoms with Crippen LogP contribution in [-0.2, 0) is 9.47 Å². The number of halogens is 1. The van der Waals surface area contributed by atoms with Gasteiger partial charge in [0, 0.05) is 45.8 Å². The normalized spacial score (nSPS) is 26.6. The van der Waals surface area contributed by atoms with E-state index < -0.39 is 0 Å². The highest BCUT2D eigenvalue weighted by molar-refractivity contribution is 14.0. The molecule has 2 heterocycles. The SMILES string of the molecule is CN=C(NCCOC1CCCC1)N1CCC(N2CCOCC2)C1.I. The molecule has 1 atom stereocenters. The molecule has 1 aliphatic carbocycles. The number of aliphatic imine (C=N–C) groups is 1. The third kappa shape index (κ3) is 5.71. The van der Waals surface area contributed by atoms with Crippen molar-refractivity contribution in [3.8, 4) is 0 Å². The van der Waals surface area contributed by atoms with E-state index in [1.165, 1.54) is 32.1 Å². The Morgan fingerprint density at radius 1 is 1.17 bits per heavy atom. The van der Waals surface area contributed by atoms with E-state index in [4.69, 9.17) is 9.47 Å². The Morgan fingerprint density at radius 2 is 1.92 bits per heavy atom. The summed E-state index contributed by atoms with van der Waals surface area (Å²) in [5, 5.41) is 3.47. The molecule has 3 aliphatic rings. The lowest BCUT2D eigenvalue weighted by Crippen LogP contribution is -2.47. The fraction of sp³-hybridized carbons (Fsp3) is 0.941. The van der Waals surface area contributed by atoms with Gasteiger partial charge in [-0.05, 0) is 19.3 Å². The van der Waals surface area contributed by atoms with Crippen LogP contribution in [0.15, 0.2) is 4.99 Å². The highest BCUT2D eigenvalue weighted by Gasteiger charge is 2.30. The Hall–Kier alpha value is -0.120. The number of likely N-dealkylation sites (tertiary alicyclic amines) is 1. The molecule has 0 spiro atoms. The van der Waals surface area contributed by atoms with Crippen LogP contribution < -0.4 is 5.32 Å². The van der Waals surface area contributed by atoms with Crippen LogP contribution >= 0.6 is 24.0 Å². The molecule has 3 rings (SSSR count). The fourth-order valence-corrected chi connectivity index (χ4v) is 3.95. The molecule has 140 valence electrons. The Balaban J connectivity index is 0.00000208. The number of nitrogens with one attached hydrogen (secondary N) is 1. The van der Waals surface area contributed by atoms with E-state index >= 15 is 0 Å². The molecule has 0 aromatic carbocycles. The number of hydrogen-bond acceptors (Lipinski definition) is 4. The van der Waals surface area contributed by atoms with Gasteiger partial charge in [-0.25, -0.2) is 0 Å². The molecule has 2 aliphatic heterocycles. The minimum Gasteiger partial charge on any atom is -0.379 e. The highest BCUT2D eigenvalue weighted by Crippen LogP contribution is 2.20. The first-order valence-electron chi connectivity index (χ1n) is 9.26. The van der Waals surface area contributed by atoms with E-state index in [0.29, 0.717) is 12.1 Å². The number of nitrogens with zero attached hydrogens (tertiary/aromatic N) is 3. The molecule has 1 unspecified atom stereocenters. The van der Waals surface area contributed by atoms with Crippen LogP contribution in [-0.4, -0.2) is 87.5 Å². The van der Waals surface area contributed by atoms with E-state index in [1.807, 2.05) is 7.05 Å². The van der Waals surface area contributed by atoms with Gasteiger partial charge in [-0.15, -0.1) is 24.0 Å². The zero-order valence-electron chi connectivity index (χ0n) is 14.9. The second-order valence-corrected chi connectivity index (χ2v) is 6.79. The lowest BCUT2D eigenvalue weighted by Gasteiger charge is -2.32. The molecule has 0 bridgehead atoms. The predicted molar refractivity (Wildman–Crippen MR) is 107 cm³/mol. The van der Waals surface area contributed by atoms with Crippen LogP contribution in [0.5, 0.6) is 0 Å². The summed E-state index contributed by atoms with van der Waals surface area (Å²) in [6, 6.07) is 0.646. The van der Waals surface area contributed by atoms with Crippen molar-refractivity contribution in [2.45, 2.75) is 44.2 Å². The minimum absolute atomic E-state index is 0. The first-order valence-corrected chi connectivity index (χ1v) is 9.26. The summed E-state index contributed by atoms with van der Waals surface area (Å²) in [6.45, 7) is 7.68. The van der Waals surface area contributed by atoms with Crippen molar-refractivity contribution in [3.05, 3.63) is 0 Å². The summed E-state index contributed by atoms with van der Waals surface area (Å²) in [5.74, 6) is 1.02. The second kappa shape index (κ2) is 10.8. The maximum absolute atomic E-state index is 5.92. The van der Waals surface area contributed by atoms with E-state index in [9.17, 15) is 0 Å². The summed E-state index contributed by atoms with van der Waals surface area (Å²) in [4.78, 5) is 9.41. The van der Waals surface area contributed by atoms with E-state index in [0.717, 1.165) is 58.5 Å². The monoisotopic (exact) mass is 452 g/mol. The van der Waals surface area contributed by atoms with Gasteiger partial charge in [-0.1, -0.05) is 12.8 Å². The summed E-state index contributed by atoms with van der Waals surface area (Å²) in [5.41, 5.74) is 0. The molecule has 0 aromatic rings. The molecule has 1 saturated carbocycles. The maximum Gasteiger partial charge on any atom is 0.193 e. The lowest BCUT2D eigenvalue weighted by molar-refractivity contribution is 0.0194. The highest BCUT2D eigenvalue weighted by atomic mass is 127. The molecule has 0 aromatic heterocycles. The summed E-state index contributed by atoms with van der Waals surface area (Å²) >= 11 is 0. The van der Waals surface area contributed by atoms with Crippen molar-refractivity contribution in [2.24, 2.45) is 4.99 Å². The molecule has 6 nitrogen and oxygen atoms in total. The quantitative estimate of drug-likeness (QED) is 0.297. The van der Waals surface area contributed by atoms with Gasteiger partial charge >= 0.3 is 0 Å². The van der Waals surface area contributed by atoms with Gasteiger partial charge in [-0.3, -0.25) is 9.89 Å². The summed E-state index contributed by atoms with van der Waals surface area (Å²) in [6.07, 6.45) is 6.85. The number of ether oxygens (including phenoxy) is 2. The van der Waals surface area contributed by atoms with Gasteiger partial charge in [0.15, 0.2) is 5.96 Å². The first-order chi connectivity index (χ1) is 11.4. The molecular weight excluding hydrogens is 419 g/mol. The Kier molecular flexibility index (Phi) is 9.07. The van der Waals surface area contributed by atoms with Crippen LogP contribution in [0.3, 0.4) is 0 Å². The summed E-state index contributed by atoms with van der Waals surface area (Å²) < 4.78 is 11.4. The van der Waals surface area contributed by atoms with Crippen molar-refractivity contribution in [2.75, 3.05) is 59.6 Å². The molecule has 2 saturated heterocycles. The number of rotatable bonds is 5. The molecule has 1 N–H and O–H groups in total. The third-order valence-corrected chi connectivity index (χ3v) is 5.28. The van der Waals surface area contributed by atoms with Crippen molar-refractivity contribution in [3.63, 3.8) is 0 Å². The molecule has 7 heteroatoms. The smallest absolute Gasteiger partial charge is 0.193 e. The third-order valence-electron chi connectivity index (χ3n) is 5.28.